The van der Waals surface area contributed by atoms with E-state index in [0.717, 1.165) is 43.1 Å². The Hall–Kier alpha value is -2.08. The first-order valence-electron chi connectivity index (χ1n) is 8.11. The van der Waals surface area contributed by atoms with Crippen molar-refractivity contribution in [3.05, 3.63) is 40.9 Å². The van der Waals surface area contributed by atoms with E-state index in [4.69, 9.17) is 21.5 Å². The van der Waals surface area contributed by atoms with Crippen molar-refractivity contribution < 1.29 is 9.94 Å². The second kappa shape index (κ2) is 7.66. The maximum Gasteiger partial charge on any atom is 0.170 e. The zero-order valence-electron chi connectivity index (χ0n) is 13.6. The maximum atomic E-state index is 8.64. The number of benzene rings is 1. The van der Waals surface area contributed by atoms with Gasteiger partial charge in [0.05, 0.1) is 0 Å². The van der Waals surface area contributed by atoms with Crippen molar-refractivity contribution in [3.63, 3.8) is 0 Å². The molecule has 1 fully saturated rings. The van der Waals surface area contributed by atoms with Gasteiger partial charge in [0.15, 0.2) is 5.82 Å². The van der Waals surface area contributed by atoms with Crippen LogP contribution in [0, 0.1) is 5.92 Å². The van der Waals surface area contributed by atoms with Gasteiger partial charge in [-0.3, -0.25) is 0 Å². The summed E-state index contributed by atoms with van der Waals surface area (Å²) in [5.74, 6) is 3.27. The van der Waals surface area contributed by atoms with E-state index in [1.54, 1.807) is 12.3 Å². The van der Waals surface area contributed by atoms with E-state index in [2.05, 4.69) is 15.4 Å². The molecule has 0 atom stereocenters. The van der Waals surface area contributed by atoms with Gasteiger partial charge < -0.3 is 14.5 Å². The molecule has 1 aliphatic carbocycles. The third kappa shape index (κ3) is 3.87. The Morgan fingerprint density at radius 1 is 1.33 bits per heavy atom. The highest BCUT2D eigenvalue weighted by atomic mass is 35.5. The molecule has 7 heteroatoms. The summed E-state index contributed by atoms with van der Waals surface area (Å²) in [6, 6.07) is 7.32. The standard InChI is InChI=1S/C17H21ClN4O2/c1-22-16(11-24-15-4-2-3-14(18)9-15)20-21-17(22)13-7-5-12(6-8-13)10-19-23/h2-4,9-10,12-13,23H,5-8,11H2,1H3. The zero-order valence-corrected chi connectivity index (χ0v) is 14.4. The average Bonchev–Trinajstić information content (AvgIpc) is 2.95. The van der Waals surface area contributed by atoms with Gasteiger partial charge in [-0.05, 0) is 49.8 Å². The monoisotopic (exact) mass is 348 g/mol. The second-order valence-electron chi connectivity index (χ2n) is 6.16. The van der Waals surface area contributed by atoms with E-state index >= 15 is 0 Å². The molecule has 1 N–H and O–H groups in total. The van der Waals surface area contributed by atoms with Gasteiger partial charge >= 0.3 is 0 Å². The van der Waals surface area contributed by atoms with Crippen LogP contribution in [0.2, 0.25) is 5.02 Å². The molecule has 1 aromatic heterocycles. The van der Waals surface area contributed by atoms with Gasteiger partial charge in [0.1, 0.15) is 18.2 Å². The van der Waals surface area contributed by atoms with Crippen molar-refractivity contribution in [1.82, 2.24) is 14.8 Å². The molecule has 0 radical (unpaired) electrons. The van der Waals surface area contributed by atoms with E-state index in [1.165, 1.54) is 0 Å². The minimum atomic E-state index is 0.357. The molecule has 1 aromatic carbocycles. The molecule has 3 rings (SSSR count). The number of halogens is 1. The molecular formula is C17H21ClN4O2. The summed E-state index contributed by atoms with van der Waals surface area (Å²) >= 11 is 5.96. The molecule has 6 nitrogen and oxygen atoms in total. The van der Waals surface area contributed by atoms with E-state index in [0.29, 0.717) is 23.5 Å². The van der Waals surface area contributed by atoms with Crippen LogP contribution in [0.5, 0.6) is 5.75 Å². The van der Waals surface area contributed by atoms with Crippen LogP contribution in [-0.2, 0) is 13.7 Å². The molecule has 2 aromatic rings. The molecule has 1 heterocycles. The molecular weight excluding hydrogens is 328 g/mol. The van der Waals surface area contributed by atoms with Crippen LogP contribution in [0.4, 0.5) is 0 Å². The fourth-order valence-corrected chi connectivity index (χ4v) is 3.36. The summed E-state index contributed by atoms with van der Waals surface area (Å²) in [5, 5.41) is 21.1. The first-order valence-corrected chi connectivity index (χ1v) is 8.49. The highest BCUT2D eigenvalue weighted by Gasteiger charge is 2.25. The molecule has 128 valence electrons. The Kier molecular flexibility index (Phi) is 5.35. The summed E-state index contributed by atoms with van der Waals surface area (Å²) < 4.78 is 7.77. The zero-order chi connectivity index (χ0) is 16.9. The van der Waals surface area contributed by atoms with E-state index in [9.17, 15) is 0 Å². The normalized spacial score (nSPS) is 21.2. The molecule has 1 aliphatic rings. The lowest BCUT2D eigenvalue weighted by Gasteiger charge is -2.25. The van der Waals surface area contributed by atoms with Gasteiger partial charge in [0, 0.05) is 24.2 Å². The summed E-state index contributed by atoms with van der Waals surface area (Å²) in [6.45, 7) is 0.357. The Morgan fingerprint density at radius 2 is 2.12 bits per heavy atom. The summed E-state index contributed by atoms with van der Waals surface area (Å²) in [7, 11) is 1.98. The Labute approximate surface area is 146 Å². The Bertz CT molecular complexity index is 708. The van der Waals surface area contributed by atoms with Crippen molar-refractivity contribution in [2.75, 3.05) is 0 Å². The lowest BCUT2D eigenvalue weighted by Crippen LogP contribution is -2.17. The molecule has 0 amide bonds. The fourth-order valence-electron chi connectivity index (χ4n) is 3.18. The molecule has 1 saturated carbocycles. The van der Waals surface area contributed by atoms with Gasteiger partial charge in [0.25, 0.3) is 0 Å². The quantitative estimate of drug-likeness (QED) is 0.507. The van der Waals surface area contributed by atoms with Crippen molar-refractivity contribution >= 4 is 17.8 Å². The van der Waals surface area contributed by atoms with E-state index < -0.39 is 0 Å². The number of hydrogen-bond donors (Lipinski definition) is 1. The van der Waals surface area contributed by atoms with Crippen LogP contribution < -0.4 is 4.74 Å². The predicted octanol–water partition coefficient (Wildman–Crippen LogP) is 3.78. The first kappa shape index (κ1) is 16.8. The van der Waals surface area contributed by atoms with Gasteiger partial charge in [-0.25, -0.2) is 0 Å². The van der Waals surface area contributed by atoms with E-state index in [1.807, 2.05) is 29.8 Å². The molecule has 0 saturated heterocycles. The largest absolute Gasteiger partial charge is 0.486 e. The number of hydrogen-bond acceptors (Lipinski definition) is 5. The summed E-state index contributed by atoms with van der Waals surface area (Å²) in [6.07, 6.45) is 5.71. The first-order chi connectivity index (χ1) is 11.7. The van der Waals surface area contributed by atoms with Gasteiger partial charge in [-0.2, -0.15) is 0 Å². The Balaban J connectivity index is 1.62. The SMILES string of the molecule is Cn1c(COc2cccc(Cl)c2)nnc1C1CCC(C=NO)CC1. The second-order valence-corrected chi connectivity index (χ2v) is 6.59. The molecule has 24 heavy (non-hydrogen) atoms. The molecule has 0 spiro atoms. The topological polar surface area (TPSA) is 72.5 Å². The fraction of sp³-hybridized carbons (Fsp3) is 0.471. The van der Waals surface area contributed by atoms with Crippen LogP contribution in [0.15, 0.2) is 29.4 Å². The minimum absolute atomic E-state index is 0.357. The van der Waals surface area contributed by atoms with Crippen molar-refractivity contribution in [2.45, 2.75) is 38.2 Å². The third-order valence-electron chi connectivity index (χ3n) is 4.58. The number of rotatable bonds is 5. The van der Waals surface area contributed by atoms with Gasteiger partial charge in [0.2, 0.25) is 0 Å². The van der Waals surface area contributed by atoms with Crippen LogP contribution in [0.25, 0.3) is 0 Å². The molecule has 0 bridgehead atoms. The summed E-state index contributed by atoms with van der Waals surface area (Å²) in [5.41, 5.74) is 0. The Morgan fingerprint density at radius 3 is 2.83 bits per heavy atom. The lowest BCUT2D eigenvalue weighted by molar-refractivity contribution is 0.289. The molecule has 0 unspecified atom stereocenters. The average molecular weight is 349 g/mol. The number of ether oxygens (including phenoxy) is 1. The van der Waals surface area contributed by atoms with E-state index in [-0.39, 0.29) is 0 Å². The highest BCUT2D eigenvalue weighted by Crippen LogP contribution is 2.34. The highest BCUT2D eigenvalue weighted by molar-refractivity contribution is 6.30. The predicted molar refractivity (Wildman–Crippen MR) is 91.8 cm³/mol. The van der Waals surface area contributed by atoms with Crippen molar-refractivity contribution in [3.8, 4) is 5.75 Å². The van der Waals surface area contributed by atoms with Crippen LogP contribution in [-0.4, -0.2) is 26.2 Å². The number of aromatic nitrogens is 3. The maximum absolute atomic E-state index is 8.64. The van der Waals surface area contributed by atoms with Crippen molar-refractivity contribution in [2.24, 2.45) is 18.1 Å². The lowest BCUT2D eigenvalue weighted by atomic mass is 9.82. The smallest absolute Gasteiger partial charge is 0.170 e. The number of nitrogens with zero attached hydrogens (tertiary/aromatic N) is 4. The van der Waals surface area contributed by atoms with Crippen molar-refractivity contribution in [1.29, 1.82) is 0 Å². The molecule has 0 aliphatic heterocycles. The van der Waals surface area contributed by atoms with Crippen LogP contribution >= 0.6 is 11.6 Å². The van der Waals surface area contributed by atoms with Crippen LogP contribution in [0.1, 0.15) is 43.3 Å². The van der Waals surface area contributed by atoms with Crippen LogP contribution in [0.3, 0.4) is 0 Å². The third-order valence-corrected chi connectivity index (χ3v) is 4.81. The van der Waals surface area contributed by atoms with Gasteiger partial charge in [-0.1, -0.05) is 17.7 Å². The number of oxime groups is 1. The summed E-state index contributed by atoms with van der Waals surface area (Å²) in [4.78, 5) is 0. The minimum Gasteiger partial charge on any atom is -0.486 e. The van der Waals surface area contributed by atoms with Gasteiger partial charge in [-0.15, -0.1) is 15.4 Å².